The number of amides is 1. The van der Waals surface area contributed by atoms with Gasteiger partial charge in [0.15, 0.2) is 0 Å². The molecule has 1 amide bonds. The lowest BCUT2D eigenvalue weighted by Gasteiger charge is -2.17. The Hall–Kier alpha value is -2.11. The van der Waals surface area contributed by atoms with E-state index in [1.165, 1.54) is 25.3 Å². The van der Waals surface area contributed by atoms with Crippen molar-refractivity contribution in [2.45, 2.75) is 19.8 Å². The van der Waals surface area contributed by atoms with Crippen LogP contribution in [-0.4, -0.2) is 24.1 Å². The number of halogens is 1. The van der Waals surface area contributed by atoms with Crippen molar-refractivity contribution in [2.24, 2.45) is 17.8 Å². The first-order valence-electron chi connectivity index (χ1n) is 6.79. The molecule has 0 aromatic heterocycles. The van der Waals surface area contributed by atoms with Crippen LogP contribution in [0, 0.1) is 23.6 Å². The maximum absolute atomic E-state index is 13.1. The number of carbonyl (C=O) groups is 2. The van der Waals surface area contributed by atoms with E-state index in [2.05, 4.69) is 5.32 Å². The van der Waals surface area contributed by atoms with E-state index in [1.807, 2.05) is 6.92 Å². The van der Waals surface area contributed by atoms with E-state index >= 15 is 0 Å². The molecule has 1 aromatic carbocycles. The number of anilines is 1. The van der Waals surface area contributed by atoms with Crippen LogP contribution in [0.15, 0.2) is 18.2 Å². The Labute approximate surface area is 122 Å². The lowest BCUT2D eigenvalue weighted by Crippen LogP contribution is -2.30. The van der Waals surface area contributed by atoms with Crippen molar-refractivity contribution >= 4 is 17.6 Å². The number of carbonyl (C=O) groups excluding carboxylic acids is 1. The van der Waals surface area contributed by atoms with Gasteiger partial charge in [-0.2, -0.15) is 0 Å². The smallest absolute Gasteiger partial charge is 0.307 e. The Morgan fingerprint density at radius 3 is 2.62 bits per heavy atom. The summed E-state index contributed by atoms with van der Waals surface area (Å²) in [4.78, 5) is 23.5. The molecule has 1 fully saturated rings. The second kappa shape index (κ2) is 6.11. The normalized spacial score (nSPS) is 24.6. The number of aliphatic carboxylic acids is 1. The third-order valence-electron chi connectivity index (χ3n) is 3.87. The number of carboxylic acid groups (broad SMARTS) is 1. The topological polar surface area (TPSA) is 75.6 Å². The van der Waals surface area contributed by atoms with E-state index in [0.717, 1.165) is 0 Å². The molecule has 2 rings (SSSR count). The fourth-order valence-corrected chi connectivity index (χ4v) is 2.85. The van der Waals surface area contributed by atoms with Crippen LogP contribution in [0.5, 0.6) is 5.75 Å². The minimum absolute atomic E-state index is 0.192. The minimum atomic E-state index is -0.953. The first-order chi connectivity index (χ1) is 9.92. The van der Waals surface area contributed by atoms with Gasteiger partial charge in [0.25, 0.3) is 0 Å². The molecule has 6 heteroatoms. The number of methoxy groups -OCH3 is 1. The van der Waals surface area contributed by atoms with Crippen molar-refractivity contribution in [1.29, 1.82) is 0 Å². The lowest BCUT2D eigenvalue weighted by atomic mass is 9.95. The van der Waals surface area contributed by atoms with Gasteiger partial charge in [-0.15, -0.1) is 0 Å². The minimum Gasteiger partial charge on any atom is -0.494 e. The Kier molecular flexibility index (Phi) is 4.45. The van der Waals surface area contributed by atoms with Crippen molar-refractivity contribution in [1.82, 2.24) is 0 Å². The second-order valence-electron chi connectivity index (χ2n) is 5.46. The zero-order valence-corrected chi connectivity index (χ0v) is 11.9. The molecule has 0 saturated heterocycles. The molecule has 5 nitrogen and oxygen atoms in total. The van der Waals surface area contributed by atoms with Gasteiger partial charge in [0, 0.05) is 6.07 Å². The molecule has 1 saturated carbocycles. The van der Waals surface area contributed by atoms with E-state index in [-0.39, 0.29) is 17.6 Å². The van der Waals surface area contributed by atoms with Gasteiger partial charge in [-0.05, 0) is 30.9 Å². The quantitative estimate of drug-likeness (QED) is 0.895. The first kappa shape index (κ1) is 15.3. The highest BCUT2D eigenvalue weighted by atomic mass is 19.1. The molecule has 114 valence electrons. The van der Waals surface area contributed by atoms with Gasteiger partial charge in [0.05, 0.1) is 24.6 Å². The molecule has 3 atom stereocenters. The van der Waals surface area contributed by atoms with Crippen LogP contribution < -0.4 is 10.1 Å². The van der Waals surface area contributed by atoms with Crippen molar-refractivity contribution < 1.29 is 23.8 Å². The third-order valence-corrected chi connectivity index (χ3v) is 3.87. The predicted octanol–water partition coefficient (Wildman–Crippen LogP) is 2.52. The molecule has 2 N–H and O–H groups in total. The summed E-state index contributed by atoms with van der Waals surface area (Å²) in [5, 5.41) is 11.8. The monoisotopic (exact) mass is 295 g/mol. The van der Waals surface area contributed by atoms with Gasteiger partial charge in [0.2, 0.25) is 5.91 Å². The summed E-state index contributed by atoms with van der Waals surface area (Å²) in [7, 11) is 1.38. The number of benzene rings is 1. The number of rotatable bonds is 4. The van der Waals surface area contributed by atoms with Crippen molar-refractivity contribution in [3.63, 3.8) is 0 Å². The van der Waals surface area contributed by atoms with Crippen LogP contribution >= 0.6 is 0 Å². The Bertz CT molecular complexity index is 561. The fraction of sp³-hybridized carbons (Fsp3) is 0.467. The average molecular weight is 295 g/mol. The summed E-state index contributed by atoms with van der Waals surface area (Å²) in [6.07, 6.45) is 1.03. The summed E-state index contributed by atoms with van der Waals surface area (Å²) in [5.74, 6) is -2.64. The molecule has 1 aliphatic rings. The summed E-state index contributed by atoms with van der Waals surface area (Å²) < 4.78 is 18.1. The summed E-state index contributed by atoms with van der Waals surface area (Å²) in [5.41, 5.74) is 0.340. The van der Waals surface area contributed by atoms with E-state index in [0.29, 0.717) is 18.5 Å². The van der Waals surface area contributed by atoms with E-state index in [9.17, 15) is 19.1 Å². The Balaban J connectivity index is 2.16. The van der Waals surface area contributed by atoms with E-state index in [4.69, 9.17) is 4.74 Å². The molecule has 21 heavy (non-hydrogen) atoms. The SMILES string of the molecule is COc1cc(F)ccc1NC(=O)C1CC(C)CC1C(=O)O. The highest BCUT2D eigenvalue weighted by Crippen LogP contribution is 2.37. The standard InChI is InChI=1S/C15H18FNO4/c1-8-5-10(11(6-8)15(19)20)14(18)17-12-4-3-9(16)7-13(12)21-2/h3-4,7-8,10-11H,5-6H2,1-2H3,(H,17,18)(H,19,20). The highest BCUT2D eigenvalue weighted by molar-refractivity contribution is 5.96. The largest absolute Gasteiger partial charge is 0.494 e. The molecule has 0 radical (unpaired) electrons. The Morgan fingerprint density at radius 1 is 1.33 bits per heavy atom. The number of hydrogen-bond donors (Lipinski definition) is 2. The number of hydrogen-bond acceptors (Lipinski definition) is 3. The number of ether oxygens (including phenoxy) is 1. The zero-order chi connectivity index (χ0) is 15.6. The molecule has 3 unspecified atom stereocenters. The first-order valence-corrected chi connectivity index (χ1v) is 6.79. The summed E-state index contributed by atoms with van der Waals surface area (Å²) in [6.45, 7) is 1.93. The molecular formula is C15H18FNO4. The molecule has 0 spiro atoms. The molecular weight excluding hydrogens is 277 g/mol. The van der Waals surface area contributed by atoms with Gasteiger partial charge < -0.3 is 15.2 Å². The molecule has 0 bridgehead atoms. The van der Waals surface area contributed by atoms with Crippen molar-refractivity contribution in [2.75, 3.05) is 12.4 Å². The van der Waals surface area contributed by atoms with Crippen molar-refractivity contribution in [3.05, 3.63) is 24.0 Å². The van der Waals surface area contributed by atoms with Crippen LogP contribution in [0.1, 0.15) is 19.8 Å². The van der Waals surface area contributed by atoms with Crippen LogP contribution in [0.25, 0.3) is 0 Å². The lowest BCUT2D eigenvalue weighted by molar-refractivity contribution is -0.145. The van der Waals surface area contributed by atoms with Crippen LogP contribution in [0.2, 0.25) is 0 Å². The average Bonchev–Trinajstić information content (AvgIpc) is 2.83. The fourth-order valence-electron chi connectivity index (χ4n) is 2.85. The molecule has 1 aromatic rings. The van der Waals surface area contributed by atoms with Gasteiger partial charge in [0.1, 0.15) is 11.6 Å². The molecule has 1 aliphatic carbocycles. The van der Waals surface area contributed by atoms with Gasteiger partial charge >= 0.3 is 5.97 Å². The number of carboxylic acids is 1. The van der Waals surface area contributed by atoms with Gasteiger partial charge in [-0.3, -0.25) is 9.59 Å². The highest BCUT2D eigenvalue weighted by Gasteiger charge is 2.41. The Morgan fingerprint density at radius 2 is 2.00 bits per heavy atom. The van der Waals surface area contributed by atoms with E-state index in [1.54, 1.807) is 0 Å². The van der Waals surface area contributed by atoms with E-state index < -0.39 is 23.6 Å². The van der Waals surface area contributed by atoms with Crippen LogP contribution in [0.4, 0.5) is 10.1 Å². The second-order valence-corrected chi connectivity index (χ2v) is 5.46. The predicted molar refractivity (Wildman–Crippen MR) is 74.6 cm³/mol. The third kappa shape index (κ3) is 3.32. The zero-order valence-electron chi connectivity index (χ0n) is 11.9. The maximum Gasteiger partial charge on any atom is 0.307 e. The van der Waals surface area contributed by atoms with Crippen LogP contribution in [0.3, 0.4) is 0 Å². The number of nitrogens with one attached hydrogen (secondary N) is 1. The maximum atomic E-state index is 13.1. The van der Waals surface area contributed by atoms with Crippen LogP contribution in [-0.2, 0) is 9.59 Å². The van der Waals surface area contributed by atoms with Gasteiger partial charge in [-0.25, -0.2) is 4.39 Å². The summed E-state index contributed by atoms with van der Waals surface area (Å²) in [6, 6.07) is 3.78. The van der Waals surface area contributed by atoms with Crippen molar-refractivity contribution in [3.8, 4) is 5.75 Å². The molecule has 0 aliphatic heterocycles. The molecule has 0 heterocycles. The summed E-state index contributed by atoms with van der Waals surface area (Å²) >= 11 is 0. The van der Waals surface area contributed by atoms with Gasteiger partial charge in [-0.1, -0.05) is 6.92 Å².